The van der Waals surface area contributed by atoms with Crippen molar-refractivity contribution in [1.29, 1.82) is 0 Å². The highest BCUT2D eigenvalue weighted by Gasteiger charge is 2.26. The number of piperidine rings is 1. The summed E-state index contributed by atoms with van der Waals surface area (Å²) in [5.41, 5.74) is 1.72. The minimum Gasteiger partial charge on any atom is -0.390 e. The van der Waals surface area contributed by atoms with Crippen molar-refractivity contribution in [2.75, 3.05) is 32.7 Å². The Morgan fingerprint density at radius 2 is 1.96 bits per heavy atom. The minimum atomic E-state index is -0.504. The van der Waals surface area contributed by atoms with Gasteiger partial charge in [-0.1, -0.05) is 18.2 Å². The molecule has 3 rings (SSSR count). The van der Waals surface area contributed by atoms with Crippen LogP contribution in [0.2, 0.25) is 0 Å². The molecule has 6 nitrogen and oxygen atoms in total. The number of likely N-dealkylation sites (tertiary alicyclic amines) is 2. The number of hydrogen-bond acceptors (Lipinski definition) is 4. The third kappa shape index (κ3) is 4.83. The second kappa shape index (κ2) is 8.64. The maximum Gasteiger partial charge on any atom is 0.251 e. The molecular formula is C20H29N3O3. The molecule has 1 unspecified atom stereocenters. The predicted octanol–water partition coefficient (Wildman–Crippen LogP) is 1.17. The number of benzene rings is 1. The van der Waals surface area contributed by atoms with Crippen LogP contribution in [0.1, 0.15) is 41.6 Å². The highest BCUT2D eigenvalue weighted by atomic mass is 16.3. The van der Waals surface area contributed by atoms with Crippen LogP contribution in [-0.2, 0) is 4.79 Å². The van der Waals surface area contributed by atoms with Crippen LogP contribution < -0.4 is 5.32 Å². The first-order valence-electron chi connectivity index (χ1n) is 9.57. The van der Waals surface area contributed by atoms with Crippen LogP contribution in [0.15, 0.2) is 24.3 Å². The van der Waals surface area contributed by atoms with Crippen molar-refractivity contribution in [3.05, 3.63) is 35.4 Å². The molecule has 1 atom stereocenters. The van der Waals surface area contributed by atoms with E-state index in [0.29, 0.717) is 19.5 Å². The molecule has 142 valence electrons. The van der Waals surface area contributed by atoms with E-state index in [4.69, 9.17) is 0 Å². The lowest BCUT2D eigenvalue weighted by atomic mass is 10.0. The number of nitrogens with zero attached hydrogens (tertiary/aromatic N) is 2. The zero-order valence-corrected chi connectivity index (χ0v) is 15.5. The Labute approximate surface area is 155 Å². The molecular weight excluding hydrogens is 330 g/mol. The van der Waals surface area contributed by atoms with Gasteiger partial charge in [0.15, 0.2) is 0 Å². The molecule has 26 heavy (non-hydrogen) atoms. The summed E-state index contributed by atoms with van der Waals surface area (Å²) in [6.07, 6.45) is 2.77. The summed E-state index contributed by atoms with van der Waals surface area (Å²) < 4.78 is 0. The van der Waals surface area contributed by atoms with Crippen molar-refractivity contribution in [3.8, 4) is 0 Å². The average molecular weight is 359 g/mol. The van der Waals surface area contributed by atoms with Crippen LogP contribution in [0, 0.1) is 6.92 Å². The molecule has 0 aliphatic carbocycles. The fraction of sp³-hybridized carbons (Fsp3) is 0.600. The van der Waals surface area contributed by atoms with Gasteiger partial charge in [-0.3, -0.25) is 9.59 Å². The average Bonchev–Trinajstić information content (AvgIpc) is 3.01. The number of nitrogens with one attached hydrogen (secondary N) is 1. The number of aliphatic hydroxyl groups is 1. The van der Waals surface area contributed by atoms with E-state index < -0.39 is 6.10 Å². The monoisotopic (exact) mass is 359 g/mol. The number of carbonyl (C=O) groups is 2. The third-order valence-corrected chi connectivity index (χ3v) is 5.38. The molecule has 0 spiro atoms. The number of hydrogen-bond donors (Lipinski definition) is 2. The van der Waals surface area contributed by atoms with Gasteiger partial charge >= 0.3 is 0 Å². The maximum absolute atomic E-state index is 12.4. The van der Waals surface area contributed by atoms with E-state index in [1.54, 1.807) is 4.90 Å². The van der Waals surface area contributed by atoms with Crippen LogP contribution >= 0.6 is 0 Å². The van der Waals surface area contributed by atoms with Gasteiger partial charge in [-0.2, -0.15) is 0 Å². The minimum absolute atomic E-state index is 0.00543. The Hall–Kier alpha value is -1.92. The van der Waals surface area contributed by atoms with E-state index >= 15 is 0 Å². The van der Waals surface area contributed by atoms with Gasteiger partial charge in [0.1, 0.15) is 0 Å². The Kier molecular flexibility index (Phi) is 6.27. The van der Waals surface area contributed by atoms with Crippen molar-refractivity contribution in [2.45, 2.75) is 44.8 Å². The molecule has 1 aromatic carbocycles. The van der Waals surface area contributed by atoms with E-state index in [9.17, 15) is 14.7 Å². The number of aliphatic hydroxyl groups excluding tert-OH is 1. The van der Waals surface area contributed by atoms with E-state index in [2.05, 4.69) is 10.2 Å². The van der Waals surface area contributed by atoms with Gasteiger partial charge < -0.3 is 20.2 Å². The number of amides is 2. The first-order valence-corrected chi connectivity index (χ1v) is 9.57. The highest BCUT2D eigenvalue weighted by Crippen LogP contribution is 2.15. The van der Waals surface area contributed by atoms with Crippen molar-refractivity contribution in [3.63, 3.8) is 0 Å². The standard InChI is InChI=1S/C20H29N3O3/c1-15-5-2-3-6-18(15)20(26)21-16-8-11-22(12-9-16)13-17(24)14-23-10-4-7-19(23)25/h2-3,5-6,16-17,24H,4,7-14H2,1H3,(H,21,26). The largest absolute Gasteiger partial charge is 0.390 e. The van der Waals surface area contributed by atoms with Crippen molar-refractivity contribution >= 4 is 11.8 Å². The molecule has 2 fully saturated rings. The molecule has 2 saturated heterocycles. The first kappa shape index (κ1) is 18.9. The van der Waals surface area contributed by atoms with Crippen molar-refractivity contribution < 1.29 is 14.7 Å². The Balaban J connectivity index is 1.40. The molecule has 0 saturated carbocycles. The number of β-amino-alcohol motifs (C(OH)–C–C–N with tert-alkyl or cyclic N) is 1. The fourth-order valence-corrected chi connectivity index (χ4v) is 3.86. The third-order valence-electron chi connectivity index (χ3n) is 5.38. The first-order chi connectivity index (χ1) is 12.5. The summed E-state index contributed by atoms with van der Waals surface area (Å²) in [4.78, 5) is 28.1. The predicted molar refractivity (Wildman–Crippen MR) is 99.9 cm³/mol. The molecule has 2 amide bonds. The Morgan fingerprint density at radius 3 is 2.62 bits per heavy atom. The molecule has 2 N–H and O–H groups in total. The van der Waals surface area contributed by atoms with Gasteiger partial charge in [0.25, 0.3) is 5.91 Å². The second-order valence-electron chi connectivity index (χ2n) is 7.46. The van der Waals surface area contributed by atoms with Crippen LogP contribution in [0.5, 0.6) is 0 Å². The van der Waals surface area contributed by atoms with Crippen molar-refractivity contribution in [2.24, 2.45) is 0 Å². The van der Waals surface area contributed by atoms with Gasteiger partial charge in [0, 0.05) is 50.7 Å². The zero-order valence-electron chi connectivity index (χ0n) is 15.5. The fourth-order valence-electron chi connectivity index (χ4n) is 3.86. The summed E-state index contributed by atoms with van der Waals surface area (Å²) in [5, 5.41) is 13.4. The molecule has 2 aliphatic rings. The molecule has 0 bridgehead atoms. The number of rotatable bonds is 6. The van der Waals surface area contributed by atoms with Crippen LogP contribution in [0.4, 0.5) is 0 Å². The SMILES string of the molecule is Cc1ccccc1C(=O)NC1CCN(CC(O)CN2CCCC2=O)CC1. The smallest absolute Gasteiger partial charge is 0.251 e. The van der Waals surface area contributed by atoms with E-state index in [1.807, 2.05) is 31.2 Å². The number of aryl methyl sites for hydroxylation is 1. The lowest BCUT2D eigenvalue weighted by Crippen LogP contribution is -2.48. The van der Waals surface area contributed by atoms with E-state index in [-0.39, 0.29) is 17.9 Å². The van der Waals surface area contributed by atoms with Crippen LogP contribution in [-0.4, -0.2) is 71.6 Å². The van der Waals surface area contributed by atoms with Crippen LogP contribution in [0.25, 0.3) is 0 Å². The summed E-state index contributed by atoms with van der Waals surface area (Å²) in [7, 11) is 0. The van der Waals surface area contributed by atoms with E-state index in [0.717, 1.165) is 50.0 Å². The highest BCUT2D eigenvalue weighted by molar-refractivity contribution is 5.95. The maximum atomic E-state index is 12.4. The molecule has 6 heteroatoms. The number of carbonyl (C=O) groups excluding carboxylic acids is 2. The molecule has 0 aromatic heterocycles. The molecule has 2 aliphatic heterocycles. The van der Waals surface area contributed by atoms with E-state index in [1.165, 1.54) is 0 Å². The molecule has 1 aromatic rings. The zero-order chi connectivity index (χ0) is 18.5. The van der Waals surface area contributed by atoms with Gasteiger partial charge in [0.2, 0.25) is 5.91 Å². The van der Waals surface area contributed by atoms with Gasteiger partial charge in [-0.15, -0.1) is 0 Å². The lowest BCUT2D eigenvalue weighted by molar-refractivity contribution is -0.129. The topological polar surface area (TPSA) is 72.9 Å². The second-order valence-corrected chi connectivity index (χ2v) is 7.46. The molecule has 2 heterocycles. The molecule has 0 radical (unpaired) electrons. The quantitative estimate of drug-likeness (QED) is 0.800. The summed E-state index contributed by atoms with van der Waals surface area (Å²) in [6, 6.07) is 7.80. The Morgan fingerprint density at radius 1 is 1.23 bits per heavy atom. The lowest BCUT2D eigenvalue weighted by Gasteiger charge is -2.34. The summed E-state index contributed by atoms with van der Waals surface area (Å²) in [6.45, 7) is 5.44. The normalized spacial score (nSPS) is 20.4. The van der Waals surface area contributed by atoms with Crippen LogP contribution in [0.3, 0.4) is 0 Å². The van der Waals surface area contributed by atoms with Gasteiger partial charge in [-0.05, 0) is 37.8 Å². The summed E-state index contributed by atoms with van der Waals surface area (Å²) in [5.74, 6) is 0.149. The van der Waals surface area contributed by atoms with Gasteiger partial charge in [-0.25, -0.2) is 0 Å². The Bertz CT molecular complexity index is 641. The van der Waals surface area contributed by atoms with Gasteiger partial charge in [0.05, 0.1) is 6.10 Å². The summed E-state index contributed by atoms with van der Waals surface area (Å²) >= 11 is 0. The van der Waals surface area contributed by atoms with Crippen molar-refractivity contribution in [1.82, 2.24) is 15.1 Å².